The number of ether oxygens (including phenoxy) is 1. The largest absolute Gasteiger partial charge is 0.496 e. The van der Waals surface area contributed by atoms with Gasteiger partial charge in [0, 0.05) is 12.5 Å². The minimum absolute atomic E-state index is 0.169. The third kappa shape index (κ3) is 3.25. The second kappa shape index (κ2) is 5.89. The van der Waals surface area contributed by atoms with E-state index in [4.69, 9.17) is 4.74 Å². The molecule has 1 atom stereocenters. The van der Waals surface area contributed by atoms with Crippen molar-refractivity contribution in [3.05, 3.63) is 29.8 Å². The summed E-state index contributed by atoms with van der Waals surface area (Å²) in [4.78, 5) is 11.8. The van der Waals surface area contributed by atoms with Crippen LogP contribution in [0.3, 0.4) is 0 Å². The number of benzene rings is 1. The fraction of sp³-hybridized carbons (Fsp3) is 0.533. The fourth-order valence-electron chi connectivity index (χ4n) is 2.20. The Morgan fingerprint density at radius 1 is 1.44 bits per heavy atom. The molecule has 2 rings (SSSR count). The number of hydrogen-bond acceptors (Lipinski definition) is 2. The highest BCUT2D eigenvalue weighted by molar-refractivity contribution is 5.78. The van der Waals surface area contributed by atoms with Crippen molar-refractivity contribution in [3.63, 3.8) is 0 Å². The van der Waals surface area contributed by atoms with Gasteiger partial charge in [0.25, 0.3) is 0 Å². The van der Waals surface area contributed by atoms with Crippen molar-refractivity contribution in [1.29, 1.82) is 0 Å². The van der Waals surface area contributed by atoms with Crippen molar-refractivity contribution in [3.8, 4) is 5.75 Å². The van der Waals surface area contributed by atoms with Gasteiger partial charge in [-0.2, -0.15) is 0 Å². The van der Waals surface area contributed by atoms with Gasteiger partial charge in [0.2, 0.25) is 5.91 Å². The summed E-state index contributed by atoms with van der Waals surface area (Å²) in [5, 5.41) is 3.01. The second-order valence-electron chi connectivity index (χ2n) is 4.98. The van der Waals surface area contributed by atoms with Gasteiger partial charge in [-0.05, 0) is 36.8 Å². The number of rotatable bonds is 6. The van der Waals surface area contributed by atoms with Crippen LogP contribution in [-0.2, 0) is 11.2 Å². The van der Waals surface area contributed by atoms with Crippen LogP contribution in [-0.4, -0.2) is 19.6 Å². The van der Waals surface area contributed by atoms with Crippen molar-refractivity contribution in [2.24, 2.45) is 11.8 Å². The summed E-state index contributed by atoms with van der Waals surface area (Å²) in [6.45, 7) is 2.70. The summed E-state index contributed by atoms with van der Waals surface area (Å²) in [5.74, 6) is 1.87. The van der Waals surface area contributed by atoms with Crippen LogP contribution in [0.2, 0.25) is 0 Å². The van der Waals surface area contributed by atoms with Crippen LogP contribution in [0.1, 0.15) is 25.3 Å². The first-order valence-electron chi connectivity index (χ1n) is 6.62. The molecule has 3 heteroatoms. The summed E-state index contributed by atoms with van der Waals surface area (Å²) >= 11 is 0. The number of methoxy groups -OCH3 is 1. The van der Waals surface area contributed by atoms with E-state index in [2.05, 4.69) is 5.32 Å². The van der Waals surface area contributed by atoms with E-state index in [9.17, 15) is 4.79 Å². The molecule has 1 N–H and O–H groups in total. The average Bonchev–Trinajstić information content (AvgIpc) is 3.22. The fourth-order valence-corrected chi connectivity index (χ4v) is 2.20. The summed E-state index contributed by atoms with van der Waals surface area (Å²) in [7, 11) is 1.67. The van der Waals surface area contributed by atoms with Gasteiger partial charge in [0.1, 0.15) is 5.75 Å². The molecule has 1 fully saturated rings. The van der Waals surface area contributed by atoms with Crippen molar-refractivity contribution in [1.82, 2.24) is 5.32 Å². The monoisotopic (exact) mass is 247 g/mol. The number of nitrogens with one attached hydrogen (secondary N) is 1. The molecule has 1 amide bonds. The number of para-hydroxylation sites is 1. The molecule has 1 unspecified atom stereocenters. The molecule has 1 aliphatic carbocycles. The van der Waals surface area contributed by atoms with Gasteiger partial charge < -0.3 is 10.1 Å². The Bertz CT molecular complexity index is 413. The van der Waals surface area contributed by atoms with Crippen molar-refractivity contribution in [2.45, 2.75) is 26.2 Å². The van der Waals surface area contributed by atoms with Crippen LogP contribution in [0.5, 0.6) is 5.75 Å². The highest BCUT2D eigenvalue weighted by atomic mass is 16.5. The van der Waals surface area contributed by atoms with Crippen LogP contribution in [0.4, 0.5) is 0 Å². The van der Waals surface area contributed by atoms with Gasteiger partial charge in [0.05, 0.1) is 7.11 Å². The zero-order valence-corrected chi connectivity index (χ0v) is 11.1. The lowest BCUT2D eigenvalue weighted by atomic mass is 10.1. The predicted octanol–water partition coefficient (Wildman–Crippen LogP) is 2.40. The lowest BCUT2D eigenvalue weighted by Gasteiger charge is -2.12. The summed E-state index contributed by atoms with van der Waals surface area (Å²) in [6, 6.07) is 7.93. The Kier molecular flexibility index (Phi) is 4.24. The Morgan fingerprint density at radius 2 is 2.17 bits per heavy atom. The molecule has 0 radical (unpaired) electrons. The maximum absolute atomic E-state index is 11.8. The minimum atomic E-state index is 0.169. The molecule has 1 aliphatic rings. The van der Waals surface area contributed by atoms with E-state index in [0.717, 1.165) is 17.7 Å². The molecule has 0 heterocycles. The molecule has 0 spiro atoms. The van der Waals surface area contributed by atoms with Gasteiger partial charge in [0.15, 0.2) is 0 Å². The molecule has 1 aromatic carbocycles. The van der Waals surface area contributed by atoms with E-state index >= 15 is 0 Å². The lowest BCUT2D eigenvalue weighted by molar-refractivity contribution is -0.125. The lowest BCUT2D eigenvalue weighted by Crippen LogP contribution is -2.31. The predicted molar refractivity (Wildman–Crippen MR) is 71.6 cm³/mol. The Labute approximate surface area is 109 Å². The number of amides is 1. The quantitative estimate of drug-likeness (QED) is 0.838. The first kappa shape index (κ1) is 12.9. The standard InChI is InChI=1S/C15H21NO2/c1-11(12-7-8-12)15(17)16-10-9-13-5-3-4-6-14(13)18-2/h3-6,11-12H,7-10H2,1-2H3,(H,16,17). The Morgan fingerprint density at radius 3 is 2.83 bits per heavy atom. The van der Waals surface area contributed by atoms with Crippen LogP contribution in [0.15, 0.2) is 24.3 Å². The Hall–Kier alpha value is -1.51. The molecular weight excluding hydrogens is 226 g/mol. The van der Waals surface area contributed by atoms with Crippen molar-refractivity contribution < 1.29 is 9.53 Å². The van der Waals surface area contributed by atoms with E-state index in [1.807, 2.05) is 31.2 Å². The molecule has 0 aromatic heterocycles. The van der Waals surface area contributed by atoms with Crippen LogP contribution >= 0.6 is 0 Å². The molecule has 0 bridgehead atoms. The zero-order chi connectivity index (χ0) is 13.0. The first-order valence-corrected chi connectivity index (χ1v) is 6.62. The summed E-state index contributed by atoms with van der Waals surface area (Å²) < 4.78 is 5.29. The highest BCUT2D eigenvalue weighted by Crippen LogP contribution is 2.36. The molecule has 3 nitrogen and oxygen atoms in total. The molecular formula is C15H21NO2. The summed E-state index contributed by atoms with van der Waals surface area (Å²) in [6.07, 6.45) is 3.23. The molecule has 1 aromatic rings. The third-order valence-electron chi connectivity index (χ3n) is 3.63. The number of carbonyl (C=O) groups excluding carboxylic acids is 1. The van der Waals surface area contributed by atoms with Crippen molar-refractivity contribution in [2.75, 3.05) is 13.7 Å². The SMILES string of the molecule is COc1ccccc1CCNC(=O)C(C)C1CC1. The van der Waals surface area contributed by atoms with Crippen molar-refractivity contribution >= 4 is 5.91 Å². The second-order valence-corrected chi connectivity index (χ2v) is 4.98. The maximum Gasteiger partial charge on any atom is 0.223 e. The first-order chi connectivity index (χ1) is 8.72. The number of hydrogen-bond donors (Lipinski definition) is 1. The van der Waals surface area contributed by atoms with Crippen LogP contribution < -0.4 is 10.1 Å². The van der Waals surface area contributed by atoms with Gasteiger partial charge in [-0.25, -0.2) is 0 Å². The van der Waals surface area contributed by atoms with Crippen LogP contribution in [0.25, 0.3) is 0 Å². The molecule has 18 heavy (non-hydrogen) atoms. The normalized spacial score (nSPS) is 16.1. The Balaban J connectivity index is 1.79. The molecule has 0 saturated heterocycles. The van der Waals surface area contributed by atoms with E-state index in [1.54, 1.807) is 7.11 Å². The maximum atomic E-state index is 11.8. The molecule has 98 valence electrons. The van der Waals surface area contributed by atoms with Gasteiger partial charge >= 0.3 is 0 Å². The molecule has 1 saturated carbocycles. The van der Waals surface area contributed by atoms with E-state index in [0.29, 0.717) is 12.5 Å². The smallest absolute Gasteiger partial charge is 0.223 e. The van der Waals surface area contributed by atoms with E-state index < -0.39 is 0 Å². The van der Waals surface area contributed by atoms with E-state index in [-0.39, 0.29) is 11.8 Å². The summed E-state index contributed by atoms with van der Waals surface area (Å²) in [5.41, 5.74) is 1.14. The van der Waals surface area contributed by atoms with E-state index in [1.165, 1.54) is 12.8 Å². The zero-order valence-electron chi connectivity index (χ0n) is 11.1. The van der Waals surface area contributed by atoms with Gasteiger partial charge in [-0.15, -0.1) is 0 Å². The number of carbonyl (C=O) groups is 1. The average molecular weight is 247 g/mol. The topological polar surface area (TPSA) is 38.3 Å². The molecule has 0 aliphatic heterocycles. The van der Waals surface area contributed by atoms with Gasteiger partial charge in [-0.3, -0.25) is 4.79 Å². The van der Waals surface area contributed by atoms with Crippen LogP contribution in [0, 0.1) is 11.8 Å². The highest BCUT2D eigenvalue weighted by Gasteiger charge is 2.32. The van der Waals surface area contributed by atoms with Gasteiger partial charge in [-0.1, -0.05) is 25.1 Å². The minimum Gasteiger partial charge on any atom is -0.496 e. The third-order valence-corrected chi connectivity index (χ3v) is 3.63.